The fourth-order valence-corrected chi connectivity index (χ4v) is 2.03. The van der Waals surface area contributed by atoms with Gasteiger partial charge < -0.3 is 10.1 Å². The first-order valence-corrected chi connectivity index (χ1v) is 5.85. The second kappa shape index (κ2) is 5.05. The lowest BCUT2D eigenvalue weighted by Gasteiger charge is -2.06. The molecular formula is C11H13N3OS. The second-order valence-electron chi connectivity index (χ2n) is 3.25. The van der Waals surface area contributed by atoms with Crippen LogP contribution >= 0.6 is 11.3 Å². The Bertz CT molecular complexity index is 456. The van der Waals surface area contributed by atoms with Crippen LogP contribution in [0.5, 0.6) is 0 Å². The first-order valence-electron chi connectivity index (χ1n) is 4.90. The van der Waals surface area contributed by atoms with Gasteiger partial charge in [-0.15, -0.1) is 0 Å². The number of rotatable bonds is 4. The van der Waals surface area contributed by atoms with Crippen molar-refractivity contribution in [3.05, 3.63) is 28.7 Å². The average Bonchev–Trinajstić information content (AvgIpc) is 2.82. The van der Waals surface area contributed by atoms with Gasteiger partial charge in [-0.3, -0.25) is 0 Å². The quantitative estimate of drug-likeness (QED) is 0.884. The highest BCUT2D eigenvalue weighted by Gasteiger charge is 2.05. The lowest BCUT2D eigenvalue weighted by atomic mass is 10.2. The Morgan fingerprint density at radius 3 is 2.94 bits per heavy atom. The summed E-state index contributed by atoms with van der Waals surface area (Å²) in [6.45, 7) is 0.423. The van der Waals surface area contributed by atoms with Crippen LogP contribution in [0, 0.1) is 0 Å². The number of hydrogen-bond donors (Lipinski definition) is 1. The molecule has 0 spiro atoms. The Balaban J connectivity index is 2.41. The molecule has 2 aromatic rings. The number of aromatic nitrogens is 2. The van der Waals surface area contributed by atoms with Crippen molar-refractivity contribution < 1.29 is 4.74 Å². The molecule has 2 heterocycles. The zero-order valence-electron chi connectivity index (χ0n) is 9.23. The van der Waals surface area contributed by atoms with Crippen molar-refractivity contribution in [3.63, 3.8) is 0 Å². The predicted octanol–water partition coefficient (Wildman–Crippen LogP) is 2.39. The molecule has 1 N–H and O–H groups in total. The Kier molecular flexibility index (Phi) is 3.48. The van der Waals surface area contributed by atoms with Crippen molar-refractivity contribution in [1.82, 2.24) is 9.97 Å². The zero-order valence-corrected chi connectivity index (χ0v) is 10.0. The molecule has 0 saturated heterocycles. The highest BCUT2D eigenvalue weighted by atomic mass is 32.1. The fraction of sp³-hybridized carbons (Fsp3) is 0.273. The third kappa shape index (κ3) is 2.37. The standard InChI is InChI=1S/C11H13N3OS/c1-12-10-5-9(8-3-4-16-7-8)13-11(14-10)6-15-2/h3-5,7H,6H2,1-2H3,(H,12,13,14). The largest absolute Gasteiger partial charge is 0.377 e. The molecule has 0 radical (unpaired) electrons. The Morgan fingerprint density at radius 1 is 1.44 bits per heavy atom. The van der Waals surface area contributed by atoms with E-state index in [0.29, 0.717) is 12.4 Å². The van der Waals surface area contributed by atoms with Crippen LogP contribution in [0.1, 0.15) is 5.82 Å². The van der Waals surface area contributed by atoms with Crippen LogP contribution in [-0.2, 0) is 11.3 Å². The van der Waals surface area contributed by atoms with E-state index in [4.69, 9.17) is 4.74 Å². The highest BCUT2D eigenvalue weighted by molar-refractivity contribution is 7.08. The minimum Gasteiger partial charge on any atom is -0.377 e. The molecule has 5 heteroatoms. The third-order valence-corrected chi connectivity index (χ3v) is 2.80. The average molecular weight is 235 g/mol. The van der Waals surface area contributed by atoms with E-state index in [0.717, 1.165) is 17.1 Å². The summed E-state index contributed by atoms with van der Waals surface area (Å²) in [5.41, 5.74) is 2.04. The molecule has 0 aromatic carbocycles. The normalized spacial score (nSPS) is 10.4. The van der Waals surface area contributed by atoms with Gasteiger partial charge in [0.2, 0.25) is 0 Å². The molecule has 0 unspecified atom stereocenters. The molecule has 84 valence electrons. The lowest BCUT2D eigenvalue weighted by Crippen LogP contribution is -2.02. The highest BCUT2D eigenvalue weighted by Crippen LogP contribution is 2.22. The van der Waals surface area contributed by atoms with Crippen molar-refractivity contribution >= 4 is 17.2 Å². The molecule has 0 fully saturated rings. The van der Waals surface area contributed by atoms with Gasteiger partial charge in [-0.2, -0.15) is 11.3 Å². The van der Waals surface area contributed by atoms with E-state index in [1.165, 1.54) is 0 Å². The van der Waals surface area contributed by atoms with Gasteiger partial charge in [0.1, 0.15) is 12.4 Å². The summed E-state index contributed by atoms with van der Waals surface area (Å²) >= 11 is 1.66. The van der Waals surface area contributed by atoms with E-state index in [1.807, 2.05) is 24.6 Å². The van der Waals surface area contributed by atoms with Crippen LogP contribution in [0.4, 0.5) is 5.82 Å². The molecule has 4 nitrogen and oxygen atoms in total. The summed E-state index contributed by atoms with van der Waals surface area (Å²) in [5.74, 6) is 1.50. The summed E-state index contributed by atoms with van der Waals surface area (Å²) < 4.78 is 5.05. The number of nitrogens with one attached hydrogen (secondary N) is 1. The summed E-state index contributed by atoms with van der Waals surface area (Å²) in [5, 5.41) is 7.13. The van der Waals surface area contributed by atoms with Gasteiger partial charge in [0.05, 0.1) is 5.69 Å². The molecule has 0 aliphatic heterocycles. The van der Waals surface area contributed by atoms with Crippen LogP contribution in [0.25, 0.3) is 11.3 Å². The van der Waals surface area contributed by atoms with Crippen LogP contribution < -0.4 is 5.32 Å². The minimum absolute atomic E-state index is 0.423. The number of methoxy groups -OCH3 is 1. The smallest absolute Gasteiger partial charge is 0.157 e. The van der Waals surface area contributed by atoms with E-state index in [2.05, 4.69) is 20.7 Å². The van der Waals surface area contributed by atoms with Gasteiger partial charge in [0, 0.05) is 31.2 Å². The Hall–Kier alpha value is -1.46. The predicted molar refractivity (Wildman–Crippen MR) is 65.6 cm³/mol. The zero-order chi connectivity index (χ0) is 11.4. The lowest BCUT2D eigenvalue weighted by molar-refractivity contribution is 0.178. The van der Waals surface area contributed by atoms with Gasteiger partial charge in [0.15, 0.2) is 5.82 Å². The molecule has 0 atom stereocenters. The van der Waals surface area contributed by atoms with E-state index in [1.54, 1.807) is 18.4 Å². The maximum absolute atomic E-state index is 5.05. The van der Waals surface area contributed by atoms with Crippen molar-refractivity contribution in [2.24, 2.45) is 0 Å². The van der Waals surface area contributed by atoms with Crippen molar-refractivity contribution in [1.29, 1.82) is 0 Å². The summed E-state index contributed by atoms with van der Waals surface area (Å²) in [6.07, 6.45) is 0. The maximum atomic E-state index is 5.05. The molecule has 0 bridgehead atoms. The first kappa shape index (κ1) is 11.0. The Morgan fingerprint density at radius 2 is 2.31 bits per heavy atom. The van der Waals surface area contributed by atoms with Gasteiger partial charge in [0.25, 0.3) is 0 Å². The van der Waals surface area contributed by atoms with Crippen LogP contribution in [-0.4, -0.2) is 24.1 Å². The number of hydrogen-bond acceptors (Lipinski definition) is 5. The number of ether oxygens (including phenoxy) is 1. The van der Waals surface area contributed by atoms with Crippen molar-refractivity contribution in [2.45, 2.75) is 6.61 Å². The van der Waals surface area contributed by atoms with Gasteiger partial charge in [-0.05, 0) is 11.4 Å². The molecule has 2 rings (SSSR count). The molecule has 0 saturated carbocycles. The first-order chi connectivity index (χ1) is 7.83. The van der Waals surface area contributed by atoms with Gasteiger partial charge in [-0.25, -0.2) is 9.97 Å². The summed E-state index contributed by atoms with van der Waals surface area (Å²) in [7, 11) is 3.48. The maximum Gasteiger partial charge on any atom is 0.157 e. The molecule has 2 aromatic heterocycles. The topological polar surface area (TPSA) is 47.0 Å². The van der Waals surface area contributed by atoms with Crippen molar-refractivity contribution in [2.75, 3.05) is 19.5 Å². The number of thiophene rings is 1. The van der Waals surface area contributed by atoms with Crippen LogP contribution in [0.2, 0.25) is 0 Å². The van der Waals surface area contributed by atoms with E-state index < -0.39 is 0 Å². The molecule has 0 aliphatic rings. The van der Waals surface area contributed by atoms with Gasteiger partial charge in [-0.1, -0.05) is 0 Å². The second-order valence-corrected chi connectivity index (χ2v) is 4.03. The fourth-order valence-electron chi connectivity index (χ4n) is 1.38. The minimum atomic E-state index is 0.423. The monoisotopic (exact) mass is 235 g/mol. The number of nitrogens with zero attached hydrogens (tertiary/aromatic N) is 2. The van der Waals surface area contributed by atoms with E-state index in [9.17, 15) is 0 Å². The summed E-state index contributed by atoms with van der Waals surface area (Å²) in [4.78, 5) is 8.75. The van der Waals surface area contributed by atoms with Crippen LogP contribution in [0.3, 0.4) is 0 Å². The van der Waals surface area contributed by atoms with Gasteiger partial charge >= 0.3 is 0 Å². The third-order valence-electron chi connectivity index (χ3n) is 2.12. The SMILES string of the molecule is CNc1cc(-c2ccsc2)nc(COC)n1. The van der Waals surface area contributed by atoms with E-state index in [-0.39, 0.29) is 0 Å². The molecular weight excluding hydrogens is 222 g/mol. The Labute approximate surface area is 98.3 Å². The molecule has 16 heavy (non-hydrogen) atoms. The van der Waals surface area contributed by atoms with E-state index >= 15 is 0 Å². The van der Waals surface area contributed by atoms with Crippen molar-refractivity contribution in [3.8, 4) is 11.3 Å². The molecule has 0 amide bonds. The van der Waals surface area contributed by atoms with Crippen LogP contribution in [0.15, 0.2) is 22.9 Å². The molecule has 0 aliphatic carbocycles. The summed E-state index contributed by atoms with van der Waals surface area (Å²) in [6, 6.07) is 3.98. The number of anilines is 1.